The van der Waals surface area contributed by atoms with Gasteiger partial charge >= 0.3 is 0 Å². The monoisotopic (exact) mass is 362 g/mol. The third kappa shape index (κ3) is 2.88. The van der Waals surface area contributed by atoms with Crippen LogP contribution in [0.25, 0.3) is 11.0 Å². The predicted octanol–water partition coefficient (Wildman–Crippen LogP) is 3.57. The molecule has 0 fully saturated rings. The fourth-order valence-electron chi connectivity index (χ4n) is 1.91. The Kier molecular flexibility index (Phi) is 3.85. The predicted molar refractivity (Wildman–Crippen MR) is 86.9 cm³/mol. The van der Waals surface area contributed by atoms with E-state index >= 15 is 0 Å². The van der Waals surface area contributed by atoms with E-state index in [1.54, 1.807) is 6.07 Å². The molecule has 106 valence electrons. The number of nitrogens with two attached hydrogens (primary N) is 1. The highest BCUT2D eigenvalue weighted by Gasteiger charge is 2.09. The van der Waals surface area contributed by atoms with Gasteiger partial charge < -0.3 is 15.9 Å². The number of oxime groups is 1. The van der Waals surface area contributed by atoms with E-state index in [1.807, 2.05) is 36.4 Å². The summed E-state index contributed by atoms with van der Waals surface area (Å²) in [5.41, 5.74) is 8.18. The SMILES string of the molecule is N/C(=N/O)c1ccc(Sc2nc3ccccc3[nH]2)cc1Br. The molecule has 5 nitrogen and oxygen atoms in total. The molecular formula is C14H11BrN4OS. The number of benzene rings is 2. The van der Waals surface area contributed by atoms with Crippen LogP contribution in [0.5, 0.6) is 0 Å². The van der Waals surface area contributed by atoms with Gasteiger partial charge in [-0.2, -0.15) is 0 Å². The van der Waals surface area contributed by atoms with Gasteiger partial charge in [0.15, 0.2) is 11.0 Å². The van der Waals surface area contributed by atoms with Crippen molar-refractivity contribution in [3.8, 4) is 0 Å². The highest BCUT2D eigenvalue weighted by atomic mass is 79.9. The topological polar surface area (TPSA) is 87.3 Å². The average molecular weight is 363 g/mol. The summed E-state index contributed by atoms with van der Waals surface area (Å²) in [6.45, 7) is 0. The minimum absolute atomic E-state index is 0.0714. The molecule has 21 heavy (non-hydrogen) atoms. The van der Waals surface area contributed by atoms with E-state index < -0.39 is 0 Å². The molecule has 1 heterocycles. The van der Waals surface area contributed by atoms with E-state index in [9.17, 15) is 0 Å². The summed E-state index contributed by atoms with van der Waals surface area (Å²) in [7, 11) is 0. The Morgan fingerprint density at radius 1 is 1.29 bits per heavy atom. The lowest BCUT2D eigenvalue weighted by Crippen LogP contribution is -2.13. The van der Waals surface area contributed by atoms with Crippen LogP contribution in [0.4, 0.5) is 0 Å². The second-order valence-electron chi connectivity index (χ2n) is 4.29. The van der Waals surface area contributed by atoms with Gasteiger partial charge in [0.05, 0.1) is 11.0 Å². The molecule has 0 amide bonds. The van der Waals surface area contributed by atoms with Gasteiger partial charge in [0.1, 0.15) is 0 Å². The van der Waals surface area contributed by atoms with Crippen LogP contribution in [0.1, 0.15) is 5.56 Å². The van der Waals surface area contributed by atoms with E-state index in [1.165, 1.54) is 11.8 Å². The van der Waals surface area contributed by atoms with Gasteiger partial charge in [-0.3, -0.25) is 0 Å². The molecule has 7 heteroatoms. The number of hydrogen-bond acceptors (Lipinski definition) is 4. The first-order chi connectivity index (χ1) is 10.2. The van der Waals surface area contributed by atoms with Gasteiger partial charge in [-0.1, -0.05) is 29.1 Å². The zero-order chi connectivity index (χ0) is 14.8. The van der Waals surface area contributed by atoms with E-state index in [4.69, 9.17) is 10.9 Å². The van der Waals surface area contributed by atoms with Crippen molar-refractivity contribution in [2.75, 3.05) is 0 Å². The lowest BCUT2D eigenvalue weighted by Gasteiger charge is -2.04. The molecule has 4 N–H and O–H groups in total. The lowest BCUT2D eigenvalue weighted by molar-refractivity contribution is 0.318. The molecule has 0 saturated carbocycles. The summed E-state index contributed by atoms with van der Waals surface area (Å²) in [5.74, 6) is 0.0714. The molecule has 0 spiro atoms. The van der Waals surface area contributed by atoms with Crippen molar-refractivity contribution in [3.63, 3.8) is 0 Å². The number of H-pyrrole nitrogens is 1. The van der Waals surface area contributed by atoms with E-state index in [-0.39, 0.29) is 5.84 Å². The number of aromatic amines is 1. The van der Waals surface area contributed by atoms with Crippen molar-refractivity contribution in [1.29, 1.82) is 0 Å². The summed E-state index contributed by atoms with van der Waals surface area (Å²) in [6, 6.07) is 13.5. The molecule has 0 saturated heterocycles. The number of halogens is 1. The lowest BCUT2D eigenvalue weighted by atomic mass is 10.2. The Hall–Kier alpha value is -1.99. The van der Waals surface area contributed by atoms with Crippen molar-refractivity contribution in [2.24, 2.45) is 10.9 Å². The van der Waals surface area contributed by atoms with Crippen LogP contribution >= 0.6 is 27.7 Å². The fraction of sp³-hybridized carbons (Fsp3) is 0. The number of fused-ring (bicyclic) bond motifs is 1. The molecule has 0 unspecified atom stereocenters. The van der Waals surface area contributed by atoms with Gasteiger partial charge in [0, 0.05) is 14.9 Å². The number of amidine groups is 1. The van der Waals surface area contributed by atoms with Gasteiger partial charge in [-0.25, -0.2) is 4.98 Å². The maximum atomic E-state index is 8.72. The molecule has 0 aliphatic carbocycles. The Morgan fingerprint density at radius 2 is 2.10 bits per heavy atom. The number of hydrogen-bond donors (Lipinski definition) is 3. The van der Waals surface area contributed by atoms with Crippen LogP contribution < -0.4 is 5.73 Å². The number of aromatic nitrogens is 2. The maximum Gasteiger partial charge on any atom is 0.171 e. The zero-order valence-corrected chi connectivity index (χ0v) is 13.1. The molecule has 0 radical (unpaired) electrons. The van der Waals surface area contributed by atoms with Crippen molar-refractivity contribution < 1.29 is 5.21 Å². The van der Waals surface area contributed by atoms with Crippen molar-refractivity contribution in [1.82, 2.24) is 9.97 Å². The molecule has 1 aromatic heterocycles. The number of nitrogens with one attached hydrogen (secondary N) is 1. The van der Waals surface area contributed by atoms with Crippen LogP contribution in [-0.4, -0.2) is 21.0 Å². The third-order valence-electron chi connectivity index (χ3n) is 2.91. The van der Waals surface area contributed by atoms with Gasteiger partial charge in [0.25, 0.3) is 0 Å². The molecule has 0 bridgehead atoms. The second kappa shape index (κ2) is 5.79. The Bertz CT molecular complexity index is 798. The number of nitrogens with zero attached hydrogens (tertiary/aromatic N) is 2. The van der Waals surface area contributed by atoms with Crippen LogP contribution in [0, 0.1) is 0 Å². The molecule has 3 rings (SSSR count). The Morgan fingerprint density at radius 3 is 2.81 bits per heavy atom. The standard InChI is InChI=1S/C14H11BrN4OS/c15-10-7-8(5-6-9(10)13(16)19-20)21-14-17-11-3-1-2-4-12(11)18-14/h1-7,20H,(H2,16,19)(H,17,18). The Balaban J connectivity index is 1.89. The van der Waals surface area contributed by atoms with Crippen LogP contribution in [0.2, 0.25) is 0 Å². The third-order valence-corrected chi connectivity index (χ3v) is 4.44. The maximum absolute atomic E-state index is 8.72. The van der Waals surface area contributed by atoms with Crippen LogP contribution in [0.3, 0.4) is 0 Å². The summed E-state index contributed by atoms with van der Waals surface area (Å²) < 4.78 is 0.763. The molecule has 0 aliphatic rings. The van der Waals surface area contributed by atoms with E-state index in [0.29, 0.717) is 5.56 Å². The van der Waals surface area contributed by atoms with Crippen LogP contribution in [0.15, 0.2) is 62.1 Å². The summed E-state index contributed by atoms with van der Waals surface area (Å²) in [6.07, 6.45) is 0. The number of imidazole rings is 1. The van der Waals surface area contributed by atoms with Gasteiger partial charge in [-0.05, 0) is 46.3 Å². The molecular weight excluding hydrogens is 352 g/mol. The van der Waals surface area contributed by atoms with Crippen molar-refractivity contribution in [2.45, 2.75) is 10.1 Å². The smallest absolute Gasteiger partial charge is 0.171 e. The fourth-order valence-corrected chi connectivity index (χ4v) is 3.48. The second-order valence-corrected chi connectivity index (χ2v) is 6.20. The normalized spacial score (nSPS) is 12.0. The Labute approximate surface area is 133 Å². The van der Waals surface area contributed by atoms with Crippen molar-refractivity contribution in [3.05, 3.63) is 52.5 Å². The van der Waals surface area contributed by atoms with E-state index in [2.05, 4.69) is 31.1 Å². The first kappa shape index (κ1) is 14.0. The average Bonchev–Trinajstić information content (AvgIpc) is 2.88. The van der Waals surface area contributed by atoms with Crippen molar-refractivity contribution >= 4 is 44.6 Å². The summed E-state index contributed by atoms with van der Waals surface area (Å²) >= 11 is 4.94. The minimum atomic E-state index is 0.0714. The largest absolute Gasteiger partial charge is 0.409 e. The van der Waals surface area contributed by atoms with Gasteiger partial charge in [-0.15, -0.1) is 0 Å². The molecule has 0 aliphatic heterocycles. The molecule has 2 aromatic carbocycles. The number of rotatable bonds is 3. The quantitative estimate of drug-likeness (QED) is 0.287. The van der Waals surface area contributed by atoms with E-state index in [0.717, 1.165) is 25.6 Å². The van der Waals surface area contributed by atoms with Crippen LogP contribution in [-0.2, 0) is 0 Å². The van der Waals surface area contributed by atoms with Gasteiger partial charge in [0.2, 0.25) is 0 Å². The zero-order valence-electron chi connectivity index (χ0n) is 10.7. The number of para-hydroxylation sites is 2. The molecule has 3 aromatic rings. The summed E-state index contributed by atoms with van der Waals surface area (Å²) in [5, 5.41) is 12.5. The minimum Gasteiger partial charge on any atom is -0.409 e. The molecule has 0 atom stereocenters. The highest BCUT2D eigenvalue weighted by Crippen LogP contribution is 2.30. The first-order valence-electron chi connectivity index (χ1n) is 6.07. The summed E-state index contributed by atoms with van der Waals surface area (Å²) in [4.78, 5) is 8.77. The first-order valence-corrected chi connectivity index (χ1v) is 7.68. The highest BCUT2D eigenvalue weighted by molar-refractivity contribution is 9.10.